The Bertz CT molecular complexity index is 979. The Kier molecular flexibility index (Phi) is 5.97. The second kappa shape index (κ2) is 8.60. The monoisotopic (exact) mass is 392 g/mol. The van der Waals surface area contributed by atoms with Gasteiger partial charge >= 0.3 is 0 Å². The van der Waals surface area contributed by atoms with Gasteiger partial charge in [0.25, 0.3) is 5.91 Å². The average molecular weight is 392 g/mol. The first-order chi connectivity index (χ1) is 13.9. The Balaban J connectivity index is 1.63. The summed E-state index contributed by atoms with van der Waals surface area (Å²) in [6.45, 7) is 3.52. The number of methoxy groups -OCH3 is 1. The lowest BCUT2D eigenvalue weighted by Crippen LogP contribution is -2.40. The lowest BCUT2D eigenvalue weighted by Gasteiger charge is -2.24. The molecule has 150 valence electrons. The van der Waals surface area contributed by atoms with Gasteiger partial charge in [-0.2, -0.15) is 5.10 Å². The zero-order chi connectivity index (χ0) is 20.9. The molecule has 3 rings (SSSR count). The number of benzene rings is 2. The maximum absolute atomic E-state index is 12.8. The van der Waals surface area contributed by atoms with Gasteiger partial charge in [0, 0.05) is 11.9 Å². The summed E-state index contributed by atoms with van der Waals surface area (Å²) in [4.78, 5) is 25.0. The highest BCUT2D eigenvalue weighted by atomic mass is 16.5. The molecule has 2 amide bonds. The summed E-state index contributed by atoms with van der Waals surface area (Å²) < 4.78 is 6.65. The van der Waals surface area contributed by atoms with Crippen LogP contribution < -0.4 is 15.4 Å². The molecule has 0 spiro atoms. The van der Waals surface area contributed by atoms with E-state index in [0.29, 0.717) is 17.1 Å². The average Bonchev–Trinajstić information content (AvgIpc) is 3.18. The molecule has 0 saturated heterocycles. The highest BCUT2D eigenvalue weighted by Crippen LogP contribution is 2.21. The van der Waals surface area contributed by atoms with Crippen LogP contribution in [0.4, 0.5) is 11.4 Å². The summed E-state index contributed by atoms with van der Waals surface area (Å²) in [6, 6.07) is 16.6. The first-order valence-electron chi connectivity index (χ1n) is 9.23. The number of anilines is 2. The number of nitrogens with zero attached hydrogens (tertiary/aromatic N) is 2. The SMILES string of the molecule is COc1ccc(NC(=O)C(C)(C)n2cc(NC(=O)Cc3ccccc3)cn2)cc1. The van der Waals surface area contributed by atoms with Crippen molar-refractivity contribution >= 4 is 23.2 Å². The van der Waals surface area contributed by atoms with Crippen LogP contribution in [0.1, 0.15) is 19.4 Å². The van der Waals surface area contributed by atoms with E-state index in [4.69, 9.17) is 4.74 Å². The molecule has 3 aromatic rings. The van der Waals surface area contributed by atoms with E-state index < -0.39 is 5.54 Å². The molecule has 0 aliphatic carbocycles. The Hall–Kier alpha value is -3.61. The van der Waals surface area contributed by atoms with Gasteiger partial charge in [-0.25, -0.2) is 0 Å². The number of carbonyl (C=O) groups is 2. The fourth-order valence-corrected chi connectivity index (χ4v) is 2.74. The van der Waals surface area contributed by atoms with Gasteiger partial charge in [-0.1, -0.05) is 30.3 Å². The van der Waals surface area contributed by atoms with E-state index in [2.05, 4.69) is 15.7 Å². The smallest absolute Gasteiger partial charge is 0.251 e. The van der Waals surface area contributed by atoms with E-state index in [1.807, 2.05) is 30.3 Å². The van der Waals surface area contributed by atoms with Crippen molar-refractivity contribution in [3.63, 3.8) is 0 Å². The molecule has 0 atom stereocenters. The Morgan fingerprint density at radius 2 is 1.69 bits per heavy atom. The predicted molar refractivity (Wildman–Crippen MR) is 112 cm³/mol. The molecule has 0 radical (unpaired) electrons. The van der Waals surface area contributed by atoms with Crippen LogP contribution in [-0.2, 0) is 21.5 Å². The van der Waals surface area contributed by atoms with Crippen LogP contribution in [0.2, 0.25) is 0 Å². The van der Waals surface area contributed by atoms with Gasteiger partial charge in [-0.3, -0.25) is 14.3 Å². The summed E-state index contributed by atoms with van der Waals surface area (Å²) >= 11 is 0. The van der Waals surface area contributed by atoms with Crippen molar-refractivity contribution < 1.29 is 14.3 Å². The number of hydrogen-bond acceptors (Lipinski definition) is 4. The van der Waals surface area contributed by atoms with Crippen LogP contribution in [0.3, 0.4) is 0 Å². The zero-order valence-electron chi connectivity index (χ0n) is 16.7. The topological polar surface area (TPSA) is 85.2 Å². The van der Waals surface area contributed by atoms with E-state index in [0.717, 1.165) is 5.56 Å². The van der Waals surface area contributed by atoms with Crippen LogP contribution in [-0.4, -0.2) is 28.7 Å². The van der Waals surface area contributed by atoms with Crippen molar-refractivity contribution in [2.45, 2.75) is 25.8 Å². The van der Waals surface area contributed by atoms with E-state index in [1.54, 1.807) is 51.4 Å². The van der Waals surface area contributed by atoms with Gasteiger partial charge in [0.1, 0.15) is 11.3 Å². The number of rotatable bonds is 7. The number of hydrogen-bond donors (Lipinski definition) is 2. The highest BCUT2D eigenvalue weighted by Gasteiger charge is 2.31. The Morgan fingerprint density at radius 3 is 2.34 bits per heavy atom. The molecule has 0 fully saturated rings. The molecule has 7 nitrogen and oxygen atoms in total. The maximum Gasteiger partial charge on any atom is 0.251 e. The van der Waals surface area contributed by atoms with Gasteiger partial charge in [0.05, 0.1) is 25.4 Å². The summed E-state index contributed by atoms with van der Waals surface area (Å²) in [5.74, 6) is 0.342. The molecule has 29 heavy (non-hydrogen) atoms. The number of amides is 2. The molecule has 0 saturated carbocycles. The van der Waals surface area contributed by atoms with Crippen molar-refractivity contribution in [2.24, 2.45) is 0 Å². The van der Waals surface area contributed by atoms with Crippen molar-refractivity contribution in [3.05, 3.63) is 72.6 Å². The minimum atomic E-state index is -0.956. The minimum Gasteiger partial charge on any atom is -0.497 e. The Labute approximate surface area is 169 Å². The standard InChI is InChI=1S/C22H24N4O3/c1-22(2,21(28)25-17-9-11-19(29-3)12-10-17)26-15-18(14-23-26)24-20(27)13-16-7-5-4-6-8-16/h4-12,14-15H,13H2,1-3H3,(H,24,27)(H,25,28). The second-order valence-electron chi connectivity index (χ2n) is 7.13. The summed E-state index contributed by atoms with van der Waals surface area (Å²) in [5.41, 5.74) is 1.17. The lowest BCUT2D eigenvalue weighted by atomic mass is 10.0. The first-order valence-corrected chi connectivity index (χ1v) is 9.23. The molecule has 7 heteroatoms. The molecule has 1 heterocycles. The summed E-state index contributed by atoms with van der Waals surface area (Å²) in [7, 11) is 1.59. The molecule has 2 aromatic carbocycles. The Morgan fingerprint density at radius 1 is 1.00 bits per heavy atom. The fraction of sp³-hybridized carbons (Fsp3) is 0.227. The van der Waals surface area contributed by atoms with Gasteiger partial charge in [-0.05, 0) is 43.7 Å². The number of aromatic nitrogens is 2. The van der Waals surface area contributed by atoms with Crippen molar-refractivity contribution in [2.75, 3.05) is 17.7 Å². The number of nitrogens with one attached hydrogen (secondary N) is 2. The minimum absolute atomic E-state index is 0.142. The largest absolute Gasteiger partial charge is 0.497 e. The quantitative estimate of drug-likeness (QED) is 0.645. The van der Waals surface area contributed by atoms with Crippen LogP contribution in [0, 0.1) is 0 Å². The maximum atomic E-state index is 12.8. The van der Waals surface area contributed by atoms with Crippen LogP contribution >= 0.6 is 0 Å². The van der Waals surface area contributed by atoms with Crippen LogP contribution in [0.5, 0.6) is 5.75 Å². The summed E-state index contributed by atoms with van der Waals surface area (Å²) in [6.07, 6.45) is 3.45. The molecule has 0 unspecified atom stereocenters. The van der Waals surface area contributed by atoms with Crippen molar-refractivity contribution in [3.8, 4) is 5.75 Å². The van der Waals surface area contributed by atoms with E-state index in [1.165, 1.54) is 10.9 Å². The van der Waals surface area contributed by atoms with Crippen molar-refractivity contribution in [1.29, 1.82) is 0 Å². The van der Waals surface area contributed by atoms with Gasteiger partial charge < -0.3 is 15.4 Å². The highest BCUT2D eigenvalue weighted by molar-refractivity contribution is 5.96. The van der Waals surface area contributed by atoms with E-state index in [-0.39, 0.29) is 18.2 Å². The third-order valence-electron chi connectivity index (χ3n) is 4.55. The molecular weight excluding hydrogens is 368 g/mol. The second-order valence-corrected chi connectivity index (χ2v) is 7.13. The first kappa shape index (κ1) is 20.1. The molecule has 0 bridgehead atoms. The third kappa shape index (κ3) is 5.01. The fourth-order valence-electron chi connectivity index (χ4n) is 2.74. The van der Waals surface area contributed by atoms with Crippen LogP contribution in [0.15, 0.2) is 67.0 Å². The molecule has 0 aliphatic heterocycles. The summed E-state index contributed by atoms with van der Waals surface area (Å²) in [5, 5.41) is 9.95. The van der Waals surface area contributed by atoms with Crippen molar-refractivity contribution in [1.82, 2.24) is 9.78 Å². The van der Waals surface area contributed by atoms with Gasteiger partial charge in [-0.15, -0.1) is 0 Å². The molecule has 1 aromatic heterocycles. The molecular formula is C22H24N4O3. The van der Waals surface area contributed by atoms with Gasteiger partial charge in [0.2, 0.25) is 5.91 Å². The van der Waals surface area contributed by atoms with E-state index >= 15 is 0 Å². The lowest BCUT2D eigenvalue weighted by molar-refractivity contribution is -0.123. The predicted octanol–water partition coefficient (Wildman–Crippen LogP) is 3.45. The third-order valence-corrected chi connectivity index (χ3v) is 4.55. The van der Waals surface area contributed by atoms with E-state index in [9.17, 15) is 9.59 Å². The number of carbonyl (C=O) groups excluding carboxylic acids is 2. The van der Waals surface area contributed by atoms with Gasteiger partial charge in [0.15, 0.2) is 0 Å². The van der Waals surface area contributed by atoms with Crippen LogP contribution in [0.25, 0.3) is 0 Å². The normalized spacial score (nSPS) is 11.0. The molecule has 0 aliphatic rings. The molecule has 2 N–H and O–H groups in total. The zero-order valence-corrected chi connectivity index (χ0v) is 16.7. The number of ether oxygens (including phenoxy) is 1.